The number of nitro groups is 1. The van der Waals surface area contributed by atoms with Crippen molar-refractivity contribution in [3.63, 3.8) is 0 Å². The molecule has 1 unspecified atom stereocenters. The molecule has 0 saturated heterocycles. The standard InChI is InChI=1S/C23H21N5O4S/c1-13-4-8-17(9-5-13)27-15(3)20(22(29)24-19-12-14(2)32-26-19)21(25-23(27)33)16-6-10-18(11-7-16)28(30)31/h4-12,21H,1-3H3,(H,25,33)(H,24,26,29). The number of nitrogens with one attached hydrogen (secondary N) is 2. The second kappa shape index (κ2) is 8.83. The molecule has 0 radical (unpaired) electrons. The molecule has 33 heavy (non-hydrogen) atoms. The Labute approximate surface area is 195 Å². The van der Waals surface area contributed by atoms with Gasteiger partial charge in [0.15, 0.2) is 10.9 Å². The summed E-state index contributed by atoms with van der Waals surface area (Å²) in [6.45, 7) is 5.53. The van der Waals surface area contributed by atoms with Gasteiger partial charge in [0, 0.05) is 29.6 Å². The van der Waals surface area contributed by atoms with Gasteiger partial charge in [-0.3, -0.25) is 19.8 Å². The van der Waals surface area contributed by atoms with Crippen LogP contribution in [0.5, 0.6) is 0 Å². The van der Waals surface area contributed by atoms with E-state index in [1.807, 2.05) is 38.1 Å². The highest BCUT2D eigenvalue weighted by molar-refractivity contribution is 7.80. The van der Waals surface area contributed by atoms with Gasteiger partial charge in [0.1, 0.15) is 5.76 Å². The Balaban J connectivity index is 1.79. The molecule has 1 amide bonds. The topological polar surface area (TPSA) is 114 Å². The summed E-state index contributed by atoms with van der Waals surface area (Å²) in [5.41, 5.74) is 3.55. The smallest absolute Gasteiger partial charge is 0.269 e. The zero-order valence-electron chi connectivity index (χ0n) is 18.2. The first-order chi connectivity index (χ1) is 15.7. The highest BCUT2D eigenvalue weighted by Crippen LogP contribution is 2.35. The second-order valence-electron chi connectivity index (χ2n) is 7.68. The summed E-state index contributed by atoms with van der Waals surface area (Å²) in [5.74, 6) is 0.457. The van der Waals surface area contributed by atoms with Gasteiger partial charge in [0.2, 0.25) is 0 Å². The summed E-state index contributed by atoms with van der Waals surface area (Å²) in [6, 6.07) is 14.8. The Hall–Kier alpha value is -4.05. The lowest BCUT2D eigenvalue weighted by atomic mass is 9.94. The zero-order valence-corrected chi connectivity index (χ0v) is 19.0. The van der Waals surface area contributed by atoms with Crippen molar-refractivity contribution in [1.82, 2.24) is 10.5 Å². The molecule has 2 heterocycles. The monoisotopic (exact) mass is 463 g/mol. The first-order valence-corrected chi connectivity index (χ1v) is 10.5. The van der Waals surface area contributed by atoms with Crippen molar-refractivity contribution in [2.45, 2.75) is 26.8 Å². The van der Waals surface area contributed by atoms with Crippen LogP contribution in [0.15, 0.2) is 70.4 Å². The summed E-state index contributed by atoms with van der Waals surface area (Å²) < 4.78 is 5.05. The van der Waals surface area contributed by atoms with Crippen LogP contribution in [0.3, 0.4) is 0 Å². The molecule has 1 aliphatic heterocycles. The van der Waals surface area contributed by atoms with Crippen LogP contribution in [0, 0.1) is 24.0 Å². The molecule has 0 bridgehead atoms. The van der Waals surface area contributed by atoms with Gasteiger partial charge in [-0.15, -0.1) is 0 Å². The molecule has 3 aromatic rings. The number of hydrogen-bond acceptors (Lipinski definition) is 6. The predicted molar refractivity (Wildman–Crippen MR) is 128 cm³/mol. The lowest BCUT2D eigenvalue weighted by Gasteiger charge is -2.37. The minimum Gasteiger partial charge on any atom is -0.360 e. The Kier molecular flexibility index (Phi) is 5.93. The van der Waals surface area contributed by atoms with Crippen LogP contribution >= 0.6 is 12.2 Å². The van der Waals surface area contributed by atoms with Gasteiger partial charge in [-0.1, -0.05) is 22.9 Å². The lowest BCUT2D eigenvalue weighted by molar-refractivity contribution is -0.384. The number of anilines is 2. The SMILES string of the molecule is CC1=C(C(=O)Nc2cc(C)on2)C(c2ccc([N+](=O)[O-])cc2)NC(=S)N1c1ccc(C)cc1. The van der Waals surface area contributed by atoms with Crippen LogP contribution in [0.2, 0.25) is 0 Å². The molecule has 0 aliphatic carbocycles. The van der Waals surface area contributed by atoms with Crippen LogP contribution < -0.4 is 15.5 Å². The summed E-state index contributed by atoms with van der Waals surface area (Å²) in [6.07, 6.45) is 0. The molecule has 0 saturated carbocycles. The van der Waals surface area contributed by atoms with Crippen molar-refractivity contribution in [1.29, 1.82) is 0 Å². The molecule has 2 N–H and O–H groups in total. The third kappa shape index (κ3) is 4.46. The molecule has 9 nitrogen and oxygen atoms in total. The molecule has 0 spiro atoms. The van der Waals surface area contributed by atoms with Gasteiger partial charge in [-0.2, -0.15) is 0 Å². The molecule has 168 valence electrons. The van der Waals surface area contributed by atoms with Gasteiger partial charge in [0.05, 0.1) is 16.5 Å². The van der Waals surface area contributed by atoms with Crippen molar-refractivity contribution in [3.8, 4) is 0 Å². The predicted octanol–water partition coefficient (Wildman–Crippen LogP) is 4.55. The average molecular weight is 464 g/mol. The van der Waals surface area contributed by atoms with Crippen molar-refractivity contribution in [2.24, 2.45) is 0 Å². The lowest BCUT2D eigenvalue weighted by Crippen LogP contribution is -2.48. The molecule has 10 heteroatoms. The van der Waals surface area contributed by atoms with E-state index in [-0.39, 0.29) is 11.5 Å². The van der Waals surface area contributed by atoms with Gasteiger partial charge in [0.25, 0.3) is 11.6 Å². The molecular formula is C23H21N5O4S. The number of carbonyl (C=O) groups is 1. The van der Waals surface area contributed by atoms with Crippen molar-refractivity contribution in [3.05, 3.63) is 92.9 Å². The highest BCUT2D eigenvalue weighted by atomic mass is 32.1. The van der Waals surface area contributed by atoms with Crippen LogP contribution in [0.25, 0.3) is 0 Å². The van der Waals surface area contributed by atoms with E-state index >= 15 is 0 Å². The van der Waals surface area contributed by atoms with E-state index in [9.17, 15) is 14.9 Å². The Morgan fingerprint density at radius 3 is 2.39 bits per heavy atom. The molecule has 0 fully saturated rings. The number of nitrogens with zero attached hydrogens (tertiary/aromatic N) is 3. The third-order valence-electron chi connectivity index (χ3n) is 5.33. The highest BCUT2D eigenvalue weighted by Gasteiger charge is 2.35. The maximum absolute atomic E-state index is 13.4. The molecule has 2 aromatic carbocycles. The number of carbonyl (C=O) groups excluding carboxylic acids is 1. The average Bonchev–Trinajstić information content (AvgIpc) is 3.19. The number of thiocarbonyl (C=S) groups is 1. The first-order valence-electron chi connectivity index (χ1n) is 10.1. The Morgan fingerprint density at radius 2 is 1.82 bits per heavy atom. The number of benzene rings is 2. The van der Waals surface area contributed by atoms with Crippen LogP contribution in [0.1, 0.15) is 29.9 Å². The number of nitro benzene ring substituents is 1. The number of rotatable bonds is 5. The molecule has 1 atom stereocenters. The first kappa shape index (κ1) is 22.2. The number of non-ortho nitro benzene ring substituents is 1. The Morgan fingerprint density at radius 1 is 1.15 bits per heavy atom. The fraction of sp³-hybridized carbons (Fsp3) is 0.174. The van der Waals surface area contributed by atoms with Crippen LogP contribution in [-0.4, -0.2) is 21.1 Å². The number of aromatic nitrogens is 1. The Bertz CT molecular complexity index is 1260. The van der Waals surface area contributed by atoms with Gasteiger partial charge in [-0.25, -0.2) is 0 Å². The minimum absolute atomic E-state index is 0.0387. The number of allylic oxidation sites excluding steroid dienone is 1. The largest absolute Gasteiger partial charge is 0.360 e. The van der Waals surface area contributed by atoms with E-state index in [1.54, 1.807) is 30.0 Å². The number of amides is 1. The van der Waals surface area contributed by atoms with Gasteiger partial charge in [-0.05, 0) is 62.8 Å². The van der Waals surface area contributed by atoms with Crippen LogP contribution in [0.4, 0.5) is 17.2 Å². The fourth-order valence-electron chi connectivity index (χ4n) is 3.69. The van der Waals surface area contributed by atoms with Gasteiger partial charge >= 0.3 is 0 Å². The van der Waals surface area contributed by atoms with E-state index in [2.05, 4.69) is 15.8 Å². The maximum Gasteiger partial charge on any atom is 0.269 e. The van der Waals surface area contributed by atoms with Crippen molar-refractivity contribution in [2.75, 3.05) is 10.2 Å². The molecule has 4 rings (SSSR count). The maximum atomic E-state index is 13.4. The normalized spacial score (nSPS) is 15.9. The summed E-state index contributed by atoms with van der Waals surface area (Å²) in [5, 5.41) is 21.3. The summed E-state index contributed by atoms with van der Waals surface area (Å²) in [7, 11) is 0. The van der Waals surface area contributed by atoms with Crippen LogP contribution in [-0.2, 0) is 4.79 Å². The van der Waals surface area contributed by atoms with E-state index in [1.165, 1.54) is 12.1 Å². The minimum atomic E-state index is -0.618. The van der Waals surface area contributed by atoms with E-state index in [4.69, 9.17) is 16.7 Å². The second-order valence-corrected chi connectivity index (χ2v) is 8.06. The van der Waals surface area contributed by atoms with E-state index in [0.717, 1.165) is 11.3 Å². The quantitative estimate of drug-likeness (QED) is 0.322. The summed E-state index contributed by atoms with van der Waals surface area (Å²) >= 11 is 5.65. The van der Waals surface area contributed by atoms with Gasteiger partial charge < -0.3 is 15.2 Å². The van der Waals surface area contributed by atoms with Crippen molar-refractivity contribution >= 4 is 40.4 Å². The van der Waals surface area contributed by atoms with E-state index < -0.39 is 16.9 Å². The molecular weight excluding hydrogens is 442 g/mol. The zero-order chi connectivity index (χ0) is 23.7. The molecule has 1 aromatic heterocycles. The van der Waals surface area contributed by atoms with E-state index in [0.29, 0.717) is 27.7 Å². The third-order valence-corrected chi connectivity index (χ3v) is 5.63. The summed E-state index contributed by atoms with van der Waals surface area (Å²) in [4.78, 5) is 25.8. The number of hydrogen-bond donors (Lipinski definition) is 2. The molecule has 1 aliphatic rings. The number of aryl methyl sites for hydroxylation is 2. The fourth-order valence-corrected chi connectivity index (χ4v) is 4.05. The van der Waals surface area contributed by atoms with Crippen molar-refractivity contribution < 1.29 is 14.2 Å².